The summed E-state index contributed by atoms with van der Waals surface area (Å²) >= 11 is 1.29. The van der Waals surface area contributed by atoms with Gasteiger partial charge in [0.1, 0.15) is 17.6 Å². The topological polar surface area (TPSA) is 94.4 Å². The number of aromatic nitrogens is 3. The van der Waals surface area contributed by atoms with Gasteiger partial charge in [0.15, 0.2) is 4.80 Å². The normalized spacial score (nSPS) is 15.8. The molecule has 1 atom stereocenters. The number of anilines is 1. The lowest BCUT2D eigenvalue weighted by atomic mass is 10.00. The van der Waals surface area contributed by atoms with E-state index < -0.39 is 6.04 Å². The van der Waals surface area contributed by atoms with Gasteiger partial charge in [0.2, 0.25) is 0 Å². The smallest absolute Gasteiger partial charge is 0.271 e. The molecule has 0 saturated carbocycles. The zero-order valence-electron chi connectivity index (χ0n) is 20.1. The fourth-order valence-electron chi connectivity index (χ4n) is 4.18. The molecule has 0 saturated heterocycles. The van der Waals surface area contributed by atoms with Gasteiger partial charge in [-0.2, -0.15) is 5.10 Å². The van der Waals surface area contributed by atoms with Crippen LogP contribution in [0, 0.1) is 20.8 Å². The molecule has 1 amide bonds. The summed E-state index contributed by atoms with van der Waals surface area (Å²) in [5.41, 5.74) is 4.13. The highest BCUT2D eigenvalue weighted by atomic mass is 32.1. The summed E-state index contributed by atoms with van der Waals surface area (Å²) in [5.74, 6) is 0.885. The molecule has 8 nitrogen and oxygen atoms in total. The second-order valence-electron chi connectivity index (χ2n) is 8.61. The first-order valence-electron chi connectivity index (χ1n) is 11.2. The van der Waals surface area contributed by atoms with Crippen LogP contribution < -0.4 is 20.2 Å². The Morgan fingerprint density at radius 2 is 1.91 bits per heavy atom. The van der Waals surface area contributed by atoms with Gasteiger partial charge in [0.05, 0.1) is 22.0 Å². The number of furan rings is 1. The summed E-state index contributed by atoms with van der Waals surface area (Å²) in [6.07, 6.45) is 3.55. The highest BCUT2D eigenvalue weighted by molar-refractivity contribution is 7.07. The van der Waals surface area contributed by atoms with Gasteiger partial charge in [0, 0.05) is 24.0 Å². The standard InChI is InChI=1S/C26H25N5O3S/c1-14-8-6-7-9-19(14)29-24(32)22-16(3)28-26-31(23(22)20-11-10-15(2)34-20)25(33)21(35-26)12-18-13-27-30(5)17(18)4/h6-13,23H,1-5H3,(H,29,32)/b21-12+/t23-/m0/s1. The molecular formula is C26H25N5O3S. The Bertz CT molecular complexity index is 1680. The van der Waals surface area contributed by atoms with Crippen LogP contribution in [0.5, 0.6) is 0 Å². The number of hydrogen-bond donors (Lipinski definition) is 1. The molecule has 0 unspecified atom stereocenters. The molecule has 178 valence electrons. The van der Waals surface area contributed by atoms with Crippen molar-refractivity contribution < 1.29 is 9.21 Å². The number of nitrogens with one attached hydrogen (secondary N) is 1. The van der Waals surface area contributed by atoms with E-state index in [9.17, 15) is 9.59 Å². The molecule has 9 heteroatoms. The van der Waals surface area contributed by atoms with E-state index in [1.807, 2.05) is 70.3 Å². The van der Waals surface area contributed by atoms with Crippen LogP contribution in [0.15, 0.2) is 68.1 Å². The Morgan fingerprint density at radius 1 is 1.14 bits per heavy atom. The first-order chi connectivity index (χ1) is 16.7. The number of thiazole rings is 1. The monoisotopic (exact) mass is 487 g/mol. The molecule has 1 aliphatic rings. The van der Waals surface area contributed by atoms with Gasteiger partial charge < -0.3 is 9.73 Å². The third kappa shape index (κ3) is 3.97. The van der Waals surface area contributed by atoms with Crippen molar-refractivity contribution in [3.05, 3.63) is 102 Å². The highest BCUT2D eigenvalue weighted by Crippen LogP contribution is 2.32. The zero-order valence-corrected chi connectivity index (χ0v) is 20.9. The van der Waals surface area contributed by atoms with Crippen LogP contribution >= 0.6 is 11.3 Å². The lowest BCUT2D eigenvalue weighted by molar-refractivity contribution is -0.113. The molecule has 0 aliphatic carbocycles. The molecule has 3 aromatic heterocycles. The number of allylic oxidation sites excluding steroid dienone is 1. The van der Waals surface area contributed by atoms with Gasteiger partial charge in [-0.3, -0.25) is 18.8 Å². The molecule has 0 bridgehead atoms. The third-order valence-corrected chi connectivity index (χ3v) is 7.23. The average Bonchev–Trinajstić information content (AvgIpc) is 3.48. The largest absolute Gasteiger partial charge is 0.464 e. The molecule has 5 rings (SSSR count). The Kier molecular flexibility index (Phi) is 5.64. The van der Waals surface area contributed by atoms with Crippen LogP contribution in [0.1, 0.15) is 41.3 Å². The molecule has 1 N–H and O–H groups in total. The van der Waals surface area contributed by atoms with Gasteiger partial charge in [-0.05, 0) is 57.5 Å². The second kappa shape index (κ2) is 8.66. The average molecular weight is 488 g/mol. The van der Waals surface area contributed by atoms with Crippen molar-refractivity contribution in [2.45, 2.75) is 33.7 Å². The van der Waals surface area contributed by atoms with E-state index in [0.717, 1.165) is 16.8 Å². The summed E-state index contributed by atoms with van der Waals surface area (Å²) in [6, 6.07) is 10.5. The minimum Gasteiger partial charge on any atom is -0.464 e. The van der Waals surface area contributed by atoms with Gasteiger partial charge in [-0.15, -0.1) is 0 Å². The van der Waals surface area contributed by atoms with Crippen LogP contribution in [0.3, 0.4) is 0 Å². The van der Waals surface area contributed by atoms with Gasteiger partial charge in [-0.1, -0.05) is 29.5 Å². The fraction of sp³-hybridized carbons (Fsp3) is 0.231. The fourth-order valence-corrected chi connectivity index (χ4v) is 5.22. The first-order valence-corrected chi connectivity index (χ1v) is 12.0. The van der Waals surface area contributed by atoms with Gasteiger partial charge in [-0.25, -0.2) is 4.99 Å². The van der Waals surface area contributed by atoms with Gasteiger partial charge in [0.25, 0.3) is 11.5 Å². The van der Waals surface area contributed by atoms with Crippen molar-refractivity contribution in [1.29, 1.82) is 0 Å². The van der Waals surface area contributed by atoms with E-state index in [2.05, 4.69) is 15.4 Å². The number of nitrogens with zero attached hydrogens (tertiary/aromatic N) is 4. The summed E-state index contributed by atoms with van der Waals surface area (Å²) in [7, 11) is 1.86. The minimum absolute atomic E-state index is 0.232. The summed E-state index contributed by atoms with van der Waals surface area (Å²) in [4.78, 5) is 32.4. The summed E-state index contributed by atoms with van der Waals surface area (Å²) in [6.45, 7) is 7.50. The Morgan fingerprint density at radius 3 is 2.57 bits per heavy atom. The quantitative estimate of drug-likeness (QED) is 0.479. The van der Waals surface area contributed by atoms with E-state index in [1.54, 1.807) is 22.4 Å². The van der Waals surface area contributed by atoms with Crippen molar-refractivity contribution in [1.82, 2.24) is 14.3 Å². The number of hydrogen-bond acceptors (Lipinski definition) is 6. The number of carbonyl (C=O) groups is 1. The number of amides is 1. The van der Waals surface area contributed by atoms with Crippen molar-refractivity contribution in [2.75, 3.05) is 5.32 Å². The zero-order chi connectivity index (χ0) is 24.9. The van der Waals surface area contributed by atoms with Crippen molar-refractivity contribution in [3.8, 4) is 0 Å². The third-order valence-electron chi connectivity index (χ3n) is 6.25. The Hall–Kier alpha value is -3.98. The Labute approximate surface area is 205 Å². The maximum absolute atomic E-state index is 13.7. The van der Waals surface area contributed by atoms with Gasteiger partial charge >= 0.3 is 0 Å². The van der Waals surface area contributed by atoms with E-state index in [0.29, 0.717) is 37.8 Å². The maximum atomic E-state index is 13.7. The predicted octanol–water partition coefficient (Wildman–Crippen LogP) is 3.13. The molecule has 1 aliphatic heterocycles. The van der Waals surface area contributed by atoms with Crippen molar-refractivity contribution in [3.63, 3.8) is 0 Å². The van der Waals surface area contributed by atoms with Crippen LogP contribution in [-0.4, -0.2) is 20.3 Å². The lowest BCUT2D eigenvalue weighted by Crippen LogP contribution is -2.40. The maximum Gasteiger partial charge on any atom is 0.271 e. The molecule has 0 radical (unpaired) electrons. The van der Waals surface area contributed by atoms with Crippen molar-refractivity contribution in [2.24, 2.45) is 12.0 Å². The highest BCUT2D eigenvalue weighted by Gasteiger charge is 2.34. The van der Waals surface area contributed by atoms with Crippen LogP contribution in [-0.2, 0) is 11.8 Å². The molecule has 35 heavy (non-hydrogen) atoms. The number of aryl methyl sites for hydroxylation is 3. The SMILES string of the molecule is CC1=C(C(=O)Nc2ccccc2C)[C@H](c2ccc(C)o2)n2c(s/c(=C/c3cnn(C)c3C)c2=O)=N1. The second-order valence-corrected chi connectivity index (χ2v) is 9.62. The summed E-state index contributed by atoms with van der Waals surface area (Å²) in [5, 5.41) is 7.26. The van der Waals surface area contributed by atoms with E-state index in [1.165, 1.54) is 11.3 Å². The lowest BCUT2D eigenvalue weighted by Gasteiger charge is -2.23. The van der Waals surface area contributed by atoms with Crippen LogP contribution in [0.2, 0.25) is 0 Å². The van der Waals surface area contributed by atoms with Crippen molar-refractivity contribution >= 4 is 29.0 Å². The molecule has 0 fully saturated rings. The first kappa shape index (κ1) is 22.8. The van der Waals surface area contributed by atoms with E-state index >= 15 is 0 Å². The Balaban J connectivity index is 1.68. The molecule has 1 aromatic carbocycles. The van der Waals surface area contributed by atoms with Crippen LogP contribution in [0.25, 0.3) is 6.08 Å². The van der Waals surface area contributed by atoms with E-state index in [4.69, 9.17) is 4.42 Å². The van der Waals surface area contributed by atoms with Crippen LogP contribution in [0.4, 0.5) is 5.69 Å². The van der Waals surface area contributed by atoms with E-state index in [-0.39, 0.29) is 11.5 Å². The summed E-state index contributed by atoms with van der Waals surface area (Å²) < 4.78 is 9.78. The minimum atomic E-state index is -0.735. The molecular weight excluding hydrogens is 462 g/mol. The molecule has 4 heterocycles. The molecule has 0 spiro atoms. The number of para-hydroxylation sites is 1. The number of rotatable bonds is 4. The predicted molar refractivity (Wildman–Crippen MR) is 135 cm³/mol. The number of fused-ring (bicyclic) bond motifs is 1. The number of carbonyl (C=O) groups excluding carboxylic acids is 1. The number of benzene rings is 1. The molecule has 4 aromatic rings.